The lowest BCUT2D eigenvalue weighted by Crippen LogP contribution is -2.36. The summed E-state index contributed by atoms with van der Waals surface area (Å²) in [6.07, 6.45) is 12.5. The molecule has 3 heteroatoms. The summed E-state index contributed by atoms with van der Waals surface area (Å²) in [5, 5.41) is 0. The lowest BCUT2D eigenvalue weighted by atomic mass is 10.1. The van der Waals surface area contributed by atoms with Crippen molar-refractivity contribution in [2.45, 2.75) is 97.8 Å². The smallest absolute Gasteiger partial charge is 0.229 e. The van der Waals surface area contributed by atoms with Crippen LogP contribution in [0.1, 0.15) is 97.8 Å². The minimum atomic E-state index is 0.0129. The fourth-order valence-corrected chi connectivity index (χ4v) is 2.52. The van der Waals surface area contributed by atoms with Gasteiger partial charge in [-0.3, -0.25) is 14.5 Å². The first-order valence-electron chi connectivity index (χ1n) is 9.00. The standard InChI is InChI=1S/C18H35NO2/c1-4-7-9-10-11-12-14-16-18(21)19(6-3)17(20)15-13-8-5-2/h4-16H2,1-3H3. The molecule has 0 radical (unpaired) electrons. The largest absolute Gasteiger partial charge is 0.283 e. The van der Waals surface area contributed by atoms with Crippen LogP contribution in [0.3, 0.4) is 0 Å². The van der Waals surface area contributed by atoms with E-state index in [-0.39, 0.29) is 11.8 Å². The summed E-state index contributed by atoms with van der Waals surface area (Å²) in [6, 6.07) is 0. The molecule has 0 heterocycles. The van der Waals surface area contributed by atoms with Gasteiger partial charge in [-0.2, -0.15) is 0 Å². The van der Waals surface area contributed by atoms with E-state index in [1.807, 2.05) is 6.92 Å². The summed E-state index contributed by atoms with van der Waals surface area (Å²) in [7, 11) is 0. The van der Waals surface area contributed by atoms with E-state index in [4.69, 9.17) is 0 Å². The summed E-state index contributed by atoms with van der Waals surface area (Å²) in [4.78, 5) is 25.5. The number of nitrogens with zero attached hydrogens (tertiary/aromatic N) is 1. The Morgan fingerprint density at radius 3 is 1.48 bits per heavy atom. The molecule has 21 heavy (non-hydrogen) atoms. The second-order valence-electron chi connectivity index (χ2n) is 5.86. The first kappa shape index (κ1) is 20.1. The highest BCUT2D eigenvalue weighted by Gasteiger charge is 2.18. The summed E-state index contributed by atoms with van der Waals surface area (Å²) in [5.74, 6) is 0.0338. The van der Waals surface area contributed by atoms with Gasteiger partial charge in [0.2, 0.25) is 11.8 Å². The van der Waals surface area contributed by atoms with Crippen LogP contribution in [-0.4, -0.2) is 23.3 Å². The Hall–Kier alpha value is -0.860. The molecule has 0 saturated heterocycles. The third-order valence-electron chi connectivity index (χ3n) is 3.91. The van der Waals surface area contributed by atoms with Gasteiger partial charge in [0, 0.05) is 19.4 Å². The lowest BCUT2D eigenvalue weighted by Gasteiger charge is -2.19. The van der Waals surface area contributed by atoms with Crippen molar-refractivity contribution in [1.82, 2.24) is 4.90 Å². The van der Waals surface area contributed by atoms with E-state index in [9.17, 15) is 9.59 Å². The highest BCUT2D eigenvalue weighted by molar-refractivity contribution is 5.95. The van der Waals surface area contributed by atoms with Gasteiger partial charge >= 0.3 is 0 Å². The van der Waals surface area contributed by atoms with Gasteiger partial charge in [0.05, 0.1) is 0 Å². The molecule has 0 bridgehead atoms. The quantitative estimate of drug-likeness (QED) is 0.444. The third kappa shape index (κ3) is 10.5. The van der Waals surface area contributed by atoms with Crippen molar-refractivity contribution >= 4 is 11.8 Å². The minimum Gasteiger partial charge on any atom is -0.283 e. The average Bonchev–Trinajstić information content (AvgIpc) is 2.47. The van der Waals surface area contributed by atoms with Crippen LogP contribution in [0.25, 0.3) is 0 Å². The highest BCUT2D eigenvalue weighted by atomic mass is 16.2. The fourth-order valence-electron chi connectivity index (χ4n) is 2.52. The van der Waals surface area contributed by atoms with Crippen LogP contribution in [-0.2, 0) is 9.59 Å². The molecule has 0 rings (SSSR count). The second-order valence-corrected chi connectivity index (χ2v) is 5.86. The van der Waals surface area contributed by atoms with Crippen molar-refractivity contribution < 1.29 is 9.59 Å². The van der Waals surface area contributed by atoms with Gasteiger partial charge < -0.3 is 0 Å². The Kier molecular flexibility index (Phi) is 13.5. The number of hydrogen-bond acceptors (Lipinski definition) is 2. The molecular weight excluding hydrogens is 262 g/mol. The number of carbonyl (C=O) groups is 2. The van der Waals surface area contributed by atoms with Crippen molar-refractivity contribution in [1.29, 1.82) is 0 Å². The van der Waals surface area contributed by atoms with Gasteiger partial charge in [0.1, 0.15) is 0 Å². The summed E-state index contributed by atoms with van der Waals surface area (Å²) in [6.45, 7) is 6.74. The van der Waals surface area contributed by atoms with Crippen LogP contribution in [0.4, 0.5) is 0 Å². The normalized spacial score (nSPS) is 10.6. The van der Waals surface area contributed by atoms with Crippen molar-refractivity contribution in [2.75, 3.05) is 6.54 Å². The number of hydrogen-bond donors (Lipinski definition) is 0. The zero-order valence-electron chi connectivity index (χ0n) is 14.5. The first-order chi connectivity index (χ1) is 10.2. The number of carbonyl (C=O) groups excluding carboxylic acids is 2. The second kappa shape index (κ2) is 14.1. The molecule has 0 aliphatic carbocycles. The maximum absolute atomic E-state index is 12.1. The van der Waals surface area contributed by atoms with Crippen molar-refractivity contribution in [3.05, 3.63) is 0 Å². The van der Waals surface area contributed by atoms with Crippen LogP contribution in [0.5, 0.6) is 0 Å². The molecule has 0 aromatic heterocycles. The van der Waals surface area contributed by atoms with Gasteiger partial charge in [-0.25, -0.2) is 0 Å². The molecule has 0 spiro atoms. The van der Waals surface area contributed by atoms with Crippen molar-refractivity contribution in [2.24, 2.45) is 0 Å². The molecule has 0 saturated carbocycles. The first-order valence-corrected chi connectivity index (χ1v) is 9.00. The van der Waals surface area contributed by atoms with E-state index in [0.717, 1.165) is 32.1 Å². The van der Waals surface area contributed by atoms with Crippen LogP contribution < -0.4 is 0 Å². The molecular formula is C18H35NO2. The van der Waals surface area contributed by atoms with Crippen LogP contribution >= 0.6 is 0 Å². The maximum atomic E-state index is 12.1. The molecule has 0 aromatic rings. The average molecular weight is 297 g/mol. The predicted octanol–water partition coefficient (Wildman–Crippen LogP) is 5.08. The molecule has 0 unspecified atom stereocenters. The van der Waals surface area contributed by atoms with E-state index in [2.05, 4.69) is 13.8 Å². The Morgan fingerprint density at radius 1 is 0.619 bits per heavy atom. The molecule has 2 amide bonds. The van der Waals surface area contributed by atoms with Gasteiger partial charge in [-0.05, 0) is 19.8 Å². The number of rotatable bonds is 13. The molecule has 0 aromatic carbocycles. The Balaban J connectivity index is 3.81. The predicted molar refractivity (Wildman–Crippen MR) is 89.1 cm³/mol. The Morgan fingerprint density at radius 2 is 1.00 bits per heavy atom. The van der Waals surface area contributed by atoms with Gasteiger partial charge in [-0.1, -0.05) is 65.2 Å². The van der Waals surface area contributed by atoms with Crippen LogP contribution in [0.2, 0.25) is 0 Å². The van der Waals surface area contributed by atoms with E-state index >= 15 is 0 Å². The number of unbranched alkanes of at least 4 members (excludes halogenated alkanes) is 8. The van der Waals surface area contributed by atoms with Crippen molar-refractivity contribution in [3.8, 4) is 0 Å². The summed E-state index contributed by atoms with van der Waals surface area (Å²) < 4.78 is 0. The van der Waals surface area contributed by atoms with Gasteiger partial charge in [0.15, 0.2) is 0 Å². The lowest BCUT2D eigenvalue weighted by molar-refractivity contribution is -0.144. The van der Waals surface area contributed by atoms with E-state index in [1.54, 1.807) is 0 Å². The van der Waals surface area contributed by atoms with Gasteiger partial charge in [-0.15, -0.1) is 0 Å². The zero-order chi connectivity index (χ0) is 15.9. The van der Waals surface area contributed by atoms with E-state index < -0.39 is 0 Å². The zero-order valence-corrected chi connectivity index (χ0v) is 14.5. The van der Waals surface area contributed by atoms with Gasteiger partial charge in [0.25, 0.3) is 0 Å². The molecule has 0 N–H and O–H groups in total. The summed E-state index contributed by atoms with van der Waals surface area (Å²) in [5.41, 5.74) is 0. The molecule has 0 fully saturated rings. The maximum Gasteiger partial charge on any atom is 0.229 e. The third-order valence-corrected chi connectivity index (χ3v) is 3.91. The van der Waals surface area contributed by atoms with E-state index in [1.165, 1.54) is 37.0 Å². The Labute approximate surface area is 131 Å². The SMILES string of the molecule is CCCCCCCCCC(=O)N(CC)C(=O)CCCCC. The molecule has 0 aliphatic rings. The fraction of sp³-hybridized carbons (Fsp3) is 0.889. The molecule has 0 aliphatic heterocycles. The number of imide groups is 1. The van der Waals surface area contributed by atoms with Crippen LogP contribution in [0, 0.1) is 0 Å². The van der Waals surface area contributed by atoms with Crippen LogP contribution in [0.15, 0.2) is 0 Å². The number of amides is 2. The highest BCUT2D eigenvalue weighted by Crippen LogP contribution is 2.11. The Bertz CT molecular complexity index is 276. The van der Waals surface area contributed by atoms with E-state index in [0.29, 0.717) is 19.4 Å². The van der Waals surface area contributed by atoms with Crippen molar-refractivity contribution in [3.63, 3.8) is 0 Å². The molecule has 3 nitrogen and oxygen atoms in total. The minimum absolute atomic E-state index is 0.0129. The monoisotopic (exact) mass is 297 g/mol. The molecule has 0 atom stereocenters. The molecule has 124 valence electrons. The summed E-state index contributed by atoms with van der Waals surface area (Å²) >= 11 is 0. The topological polar surface area (TPSA) is 37.4 Å².